The molecule has 7 heteroatoms. The first-order chi connectivity index (χ1) is 13.0. The van der Waals surface area contributed by atoms with Crippen LogP contribution in [0.15, 0.2) is 45.8 Å². The van der Waals surface area contributed by atoms with Crippen LogP contribution in [0.1, 0.15) is 34.0 Å². The van der Waals surface area contributed by atoms with Crippen LogP contribution in [0.25, 0.3) is 5.69 Å². The fourth-order valence-corrected chi connectivity index (χ4v) is 3.18. The molecule has 0 bridgehead atoms. The monoisotopic (exact) mass is 493 g/mol. The third-order valence-corrected chi connectivity index (χ3v) is 4.49. The molecule has 3 rings (SSSR count). The van der Waals surface area contributed by atoms with Crippen LogP contribution < -0.4 is 10.6 Å². The summed E-state index contributed by atoms with van der Waals surface area (Å²) in [4.78, 5) is 4.32. The number of aryl methyl sites for hydroxylation is 4. The summed E-state index contributed by atoms with van der Waals surface area (Å²) in [6.07, 6.45) is 0. The maximum absolute atomic E-state index is 5.58. The van der Waals surface area contributed by atoms with E-state index in [1.54, 1.807) is 7.05 Å². The first-order valence-corrected chi connectivity index (χ1v) is 9.10. The van der Waals surface area contributed by atoms with E-state index < -0.39 is 0 Å². The van der Waals surface area contributed by atoms with Crippen molar-refractivity contribution in [1.29, 1.82) is 0 Å². The minimum Gasteiger partial charge on any atom is -0.466 e. The van der Waals surface area contributed by atoms with Crippen LogP contribution in [0.5, 0.6) is 0 Å². The molecule has 0 aliphatic rings. The normalized spacial score (nSPS) is 11.2. The highest BCUT2D eigenvalue weighted by molar-refractivity contribution is 14.0. The molecular weight excluding hydrogens is 465 g/mol. The average molecular weight is 493 g/mol. The highest BCUT2D eigenvalue weighted by Crippen LogP contribution is 2.17. The number of guanidine groups is 1. The molecule has 0 aliphatic heterocycles. The highest BCUT2D eigenvalue weighted by Gasteiger charge is 2.10. The minimum absolute atomic E-state index is 0. The summed E-state index contributed by atoms with van der Waals surface area (Å²) in [6, 6.07) is 12.4. The molecule has 3 aromatic rings. The van der Waals surface area contributed by atoms with Gasteiger partial charge in [0.25, 0.3) is 0 Å². The molecule has 2 aromatic heterocycles. The third-order valence-electron chi connectivity index (χ3n) is 4.49. The smallest absolute Gasteiger partial charge is 0.191 e. The zero-order valence-electron chi connectivity index (χ0n) is 17.0. The molecule has 0 unspecified atom stereocenters. The fraction of sp³-hybridized carbons (Fsp3) is 0.333. The molecular formula is C21H28IN5O. The Morgan fingerprint density at radius 3 is 2.29 bits per heavy atom. The minimum atomic E-state index is 0. The zero-order chi connectivity index (χ0) is 19.4. The van der Waals surface area contributed by atoms with Crippen LogP contribution in [-0.2, 0) is 13.1 Å². The summed E-state index contributed by atoms with van der Waals surface area (Å²) in [5.74, 6) is 2.60. The summed E-state index contributed by atoms with van der Waals surface area (Å²) < 4.78 is 7.56. The van der Waals surface area contributed by atoms with Crippen molar-refractivity contribution in [3.05, 3.63) is 70.4 Å². The van der Waals surface area contributed by atoms with Crippen molar-refractivity contribution in [3.63, 3.8) is 0 Å². The molecule has 150 valence electrons. The average Bonchev–Trinajstić information content (AvgIpc) is 3.15. The van der Waals surface area contributed by atoms with Gasteiger partial charge in [0.1, 0.15) is 11.5 Å². The van der Waals surface area contributed by atoms with Gasteiger partial charge in [-0.3, -0.25) is 4.99 Å². The first kappa shape index (κ1) is 22.0. The molecule has 0 saturated carbocycles. The summed E-state index contributed by atoms with van der Waals surface area (Å²) in [5, 5.41) is 11.3. The van der Waals surface area contributed by atoms with Crippen LogP contribution in [-0.4, -0.2) is 22.8 Å². The van der Waals surface area contributed by atoms with Gasteiger partial charge in [-0.05, 0) is 51.5 Å². The quantitative estimate of drug-likeness (QED) is 0.318. The van der Waals surface area contributed by atoms with E-state index in [0.29, 0.717) is 13.1 Å². The number of para-hydroxylation sites is 1. The molecule has 1 aromatic carbocycles. The van der Waals surface area contributed by atoms with Crippen LogP contribution in [0.4, 0.5) is 0 Å². The molecule has 0 radical (unpaired) electrons. The van der Waals surface area contributed by atoms with Gasteiger partial charge in [0.2, 0.25) is 0 Å². The number of furan rings is 1. The first-order valence-electron chi connectivity index (χ1n) is 9.10. The van der Waals surface area contributed by atoms with Crippen LogP contribution in [0.2, 0.25) is 0 Å². The van der Waals surface area contributed by atoms with Gasteiger partial charge in [-0.25, -0.2) is 4.68 Å². The SMILES string of the molecule is CN=C(NCc1ccccc1-n1nc(C)cc1C)NCc1cc(C)oc1C.I. The molecule has 2 N–H and O–H groups in total. The van der Waals surface area contributed by atoms with Gasteiger partial charge in [-0.2, -0.15) is 5.10 Å². The molecule has 0 spiro atoms. The van der Waals surface area contributed by atoms with E-state index in [2.05, 4.69) is 45.8 Å². The molecule has 0 fully saturated rings. The Morgan fingerprint density at radius 2 is 1.71 bits per heavy atom. The van der Waals surface area contributed by atoms with Crippen molar-refractivity contribution in [1.82, 2.24) is 20.4 Å². The summed E-state index contributed by atoms with van der Waals surface area (Å²) in [7, 11) is 1.77. The number of benzene rings is 1. The second-order valence-corrected chi connectivity index (χ2v) is 6.69. The van der Waals surface area contributed by atoms with E-state index in [1.165, 1.54) is 0 Å². The van der Waals surface area contributed by atoms with Gasteiger partial charge in [0.15, 0.2) is 5.96 Å². The lowest BCUT2D eigenvalue weighted by molar-refractivity contribution is 0.500. The van der Waals surface area contributed by atoms with Crippen molar-refractivity contribution in [2.24, 2.45) is 4.99 Å². The second-order valence-electron chi connectivity index (χ2n) is 6.69. The van der Waals surface area contributed by atoms with Gasteiger partial charge in [-0.1, -0.05) is 18.2 Å². The van der Waals surface area contributed by atoms with Gasteiger partial charge >= 0.3 is 0 Å². The highest BCUT2D eigenvalue weighted by atomic mass is 127. The van der Waals surface area contributed by atoms with Crippen LogP contribution in [0.3, 0.4) is 0 Å². The van der Waals surface area contributed by atoms with Gasteiger partial charge in [-0.15, -0.1) is 24.0 Å². The zero-order valence-corrected chi connectivity index (χ0v) is 19.4. The molecule has 0 aliphatic carbocycles. The largest absolute Gasteiger partial charge is 0.466 e. The summed E-state index contributed by atoms with van der Waals surface area (Å²) in [5.41, 5.74) is 5.50. The third kappa shape index (κ3) is 5.15. The maximum atomic E-state index is 5.58. The Morgan fingerprint density at radius 1 is 1.04 bits per heavy atom. The van der Waals surface area contributed by atoms with Gasteiger partial charge in [0, 0.05) is 31.4 Å². The number of aliphatic imine (C=N–C) groups is 1. The Labute approximate surface area is 183 Å². The van der Waals surface area contributed by atoms with Crippen LogP contribution in [0, 0.1) is 27.7 Å². The van der Waals surface area contributed by atoms with E-state index in [9.17, 15) is 0 Å². The number of rotatable bonds is 5. The van der Waals surface area contributed by atoms with E-state index in [4.69, 9.17) is 4.42 Å². The second kappa shape index (κ2) is 9.77. The lowest BCUT2D eigenvalue weighted by Crippen LogP contribution is -2.36. The number of hydrogen-bond acceptors (Lipinski definition) is 3. The van der Waals surface area contributed by atoms with E-state index >= 15 is 0 Å². The predicted octanol–water partition coefficient (Wildman–Crippen LogP) is 4.18. The van der Waals surface area contributed by atoms with Crippen molar-refractivity contribution in [3.8, 4) is 5.69 Å². The topological polar surface area (TPSA) is 67.4 Å². The molecule has 0 amide bonds. The fourth-order valence-electron chi connectivity index (χ4n) is 3.18. The van der Waals surface area contributed by atoms with Crippen molar-refractivity contribution >= 4 is 29.9 Å². The lowest BCUT2D eigenvalue weighted by atomic mass is 10.1. The standard InChI is InChI=1S/C21H27N5O.HI/c1-14-10-15(2)26(25-14)20-9-7-6-8-18(20)12-23-21(22-5)24-13-19-11-16(3)27-17(19)4;/h6-11H,12-13H2,1-5H3,(H2,22,23,24);1H. The van der Waals surface area contributed by atoms with Crippen molar-refractivity contribution in [2.45, 2.75) is 40.8 Å². The van der Waals surface area contributed by atoms with E-state index in [0.717, 1.165) is 45.7 Å². The number of nitrogens with zero attached hydrogens (tertiary/aromatic N) is 3. The summed E-state index contributed by atoms with van der Waals surface area (Å²) in [6.45, 7) is 9.33. The maximum Gasteiger partial charge on any atom is 0.191 e. The Hall–Kier alpha value is -2.29. The van der Waals surface area contributed by atoms with Crippen molar-refractivity contribution < 1.29 is 4.42 Å². The van der Waals surface area contributed by atoms with Crippen molar-refractivity contribution in [2.75, 3.05) is 7.05 Å². The van der Waals surface area contributed by atoms with E-state index in [-0.39, 0.29) is 24.0 Å². The molecule has 6 nitrogen and oxygen atoms in total. The number of hydrogen-bond donors (Lipinski definition) is 2. The molecule has 2 heterocycles. The number of nitrogens with one attached hydrogen (secondary N) is 2. The predicted molar refractivity (Wildman–Crippen MR) is 124 cm³/mol. The van der Waals surface area contributed by atoms with E-state index in [1.807, 2.05) is 43.7 Å². The van der Waals surface area contributed by atoms with Gasteiger partial charge < -0.3 is 15.1 Å². The van der Waals surface area contributed by atoms with Gasteiger partial charge in [0.05, 0.1) is 11.4 Å². The molecule has 28 heavy (non-hydrogen) atoms. The Bertz CT molecular complexity index is 958. The summed E-state index contributed by atoms with van der Waals surface area (Å²) >= 11 is 0. The van der Waals surface area contributed by atoms with Crippen LogP contribution >= 0.6 is 24.0 Å². The number of halogens is 1. The Kier molecular flexibility index (Phi) is 7.68. The molecule has 0 saturated heterocycles. The lowest BCUT2D eigenvalue weighted by Gasteiger charge is -2.15. The Balaban J connectivity index is 0.00000280. The number of aromatic nitrogens is 2. The molecule has 0 atom stereocenters.